The number of carbonyl (C=O) groups excluding carboxylic acids is 2. The fourth-order valence-corrected chi connectivity index (χ4v) is 8.77. The quantitative estimate of drug-likeness (QED) is 0.0371. The second-order valence-electron chi connectivity index (χ2n) is 19.1. The Morgan fingerprint density at radius 1 is 0.418 bits per heavy atom. The summed E-state index contributed by atoms with van der Waals surface area (Å²) in [5.41, 5.74) is 8.14. The summed E-state index contributed by atoms with van der Waals surface area (Å²) in [5, 5.41) is 6.36. The van der Waals surface area contributed by atoms with E-state index in [1.54, 1.807) is 0 Å². The molecule has 0 bridgehead atoms. The van der Waals surface area contributed by atoms with Gasteiger partial charge in [-0.1, -0.05) is 267 Å². The predicted octanol–water partition coefficient (Wildman–Crippen LogP) is 15.1. The van der Waals surface area contributed by atoms with E-state index in [1.165, 1.54) is 167 Å². The minimum Gasteiger partial charge on any atom is -0.464 e. The van der Waals surface area contributed by atoms with Crippen LogP contribution in [0.3, 0.4) is 0 Å². The van der Waals surface area contributed by atoms with E-state index in [1.807, 2.05) is 60.7 Å². The Bertz CT molecular complexity index is 1510. The van der Waals surface area contributed by atoms with Crippen molar-refractivity contribution in [3.8, 4) is 0 Å². The van der Waals surface area contributed by atoms with E-state index >= 15 is 0 Å². The maximum atomic E-state index is 13.6. The van der Waals surface area contributed by atoms with Crippen molar-refractivity contribution in [1.29, 1.82) is 0 Å². The number of rotatable bonds is 44. The number of nitrogens with zero attached hydrogens (tertiary/aromatic N) is 3. The van der Waals surface area contributed by atoms with Crippen LogP contribution in [0.4, 0.5) is 17.8 Å². The van der Waals surface area contributed by atoms with Crippen molar-refractivity contribution in [3.05, 3.63) is 71.8 Å². The number of nitrogens with two attached hydrogens (primary N) is 1. The summed E-state index contributed by atoms with van der Waals surface area (Å²) < 4.78 is 11.6. The lowest BCUT2D eigenvalue weighted by atomic mass is 10.0. The molecule has 3 aromatic rings. The number of hydrogen-bond acceptors (Lipinski definition) is 10. The third-order valence-electron chi connectivity index (χ3n) is 12.9. The number of carbonyl (C=O) groups is 2. The number of aromatic nitrogens is 3. The van der Waals surface area contributed by atoms with Gasteiger partial charge in [-0.3, -0.25) is 0 Å². The van der Waals surface area contributed by atoms with Gasteiger partial charge in [0.2, 0.25) is 17.8 Å². The van der Waals surface area contributed by atoms with E-state index in [9.17, 15) is 9.59 Å². The zero-order valence-electron chi connectivity index (χ0n) is 42.4. The Morgan fingerprint density at radius 3 is 0.970 bits per heavy atom. The smallest absolute Gasteiger partial charge is 0.328 e. The first kappa shape index (κ1) is 57.1. The number of hydrogen-bond donors (Lipinski definition) is 3. The largest absolute Gasteiger partial charge is 0.464 e. The van der Waals surface area contributed by atoms with Crippen LogP contribution in [-0.2, 0) is 31.9 Å². The number of anilines is 3. The van der Waals surface area contributed by atoms with E-state index in [4.69, 9.17) is 15.2 Å². The van der Waals surface area contributed by atoms with Crippen LogP contribution in [0.15, 0.2) is 60.7 Å². The van der Waals surface area contributed by atoms with Crippen molar-refractivity contribution in [2.75, 3.05) is 29.6 Å². The molecule has 10 heteroatoms. The van der Waals surface area contributed by atoms with Crippen LogP contribution < -0.4 is 16.4 Å². The molecule has 0 saturated heterocycles. The third kappa shape index (κ3) is 30.0. The predicted molar refractivity (Wildman–Crippen MR) is 280 cm³/mol. The first-order valence-corrected chi connectivity index (χ1v) is 27.4. The zero-order chi connectivity index (χ0) is 47.7. The van der Waals surface area contributed by atoms with Crippen LogP contribution in [0, 0.1) is 0 Å². The van der Waals surface area contributed by atoms with Gasteiger partial charge in [-0.2, -0.15) is 15.0 Å². The second kappa shape index (κ2) is 39.8. The summed E-state index contributed by atoms with van der Waals surface area (Å²) in [6, 6.07) is 18.1. The second-order valence-corrected chi connectivity index (χ2v) is 19.1. The summed E-state index contributed by atoms with van der Waals surface area (Å²) in [6.07, 6.45) is 42.0. The average molecular weight is 927 g/mol. The van der Waals surface area contributed by atoms with Crippen LogP contribution in [0.2, 0.25) is 0 Å². The van der Waals surface area contributed by atoms with Crippen LogP contribution in [0.25, 0.3) is 0 Å². The number of esters is 2. The van der Waals surface area contributed by atoms with Crippen LogP contribution >= 0.6 is 0 Å². The van der Waals surface area contributed by atoms with Crippen molar-refractivity contribution in [2.24, 2.45) is 0 Å². The van der Waals surface area contributed by atoms with E-state index in [-0.39, 0.29) is 29.8 Å². The molecule has 0 aliphatic carbocycles. The molecule has 376 valence electrons. The Morgan fingerprint density at radius 2 is 0.687 bits per heavy atom. The van der Waals surface area contributed by atoms with Crippen molar-refractivity contribution < 1.29 is 19.1 Å². The molecule has 2 aromatic carbocycles. The van der Waals surface area contributed by atoms with Gasteiger partial charge >= 0.3 is 11.9 Å². The molecule has 0 spiro atoms. The van der Waals surface area contributed by atoms with E-state index in [0.29, 0.717) is 26.1 Å². The molecule has 0 aliphatic rings. The molecule has 3 rings (SSSR count). The zero-order valence-corrected chi connectivity index (χ0v) is 42.4. The molecule has 1 aromatic heterocycles. The Labute approximate surface area is 408 Å². The van der Waals surface area contributed by atoms with Crippen molar-refractivity contribution in [1.82, 2.24) is 15.0 Å². The molecule has 1 heterocycles. The molecule has 0 amide bonds. The van der Waals surface area contributed by atoms with Crippen LogP contribution in [0.1, 0.15) is 230 Å². The molecule has 4 N–H and O–H groups in total. The Hall–Kier alpha value is -4.21. The molecule has 2 atom stereocenters. The summed E-state index contributed by atoms with van der Waals surface area (Å²) in [7, 11) is 0. The lowest BCUT2D eigenvalue weighted by Crippen LogP contribution is -2.36. The molecule has 0 radical (unpaired) electrons. The summed E-state index contributed by atoms with van der Waals surface area (Å²) in [4.78, 5) is 40.4. The van der Waals surface area contributed by atoms with E-state index < -0.39 is 12.1 Å². The minimum atomic E-state index is -0.761. The molecule has 0 aliphatic heterocycles. The topological polar surface area (TPSA) is 141 Å². The monoisotopic (exact) mass is 927 g/mol. The van der Waals surface area contributed by atoms with Gasteiger partial charge in [-0.25, -0.2) is 9.59 Å². The number of nitrogens with one attached hydrogen (secondary N) is 2. The molecular weight excluding hydrogens is 833 g/mol. The molecule has 0 saturated carbocycles. The molecule has 0 fully saturated rings. The number of ether oxygens (including phenoxy) is 2. The lowest BCUT2D eigenvalue weighted by molar-refractivity contribution is -0.145. The highest BCUT2D eigenvalue weighted by atomic mass is 16.5. The van der Waals surface area contributed by atoms with Gasteiger partial charge in [0.05, 0.1) is 13.2 Å². The molecule has 67 heavy (non-hydrogen) atoms. The van der Waals surface area contributed by atoms with Gasteiger partial charge in [0.1, 0.15) is 12.1 Å². The van der Waals surface area contributed by atoms with E-state index in [2.05, 4.69) is 39.4 Å². The third-order valence-corrected chi connectivity index (χ3v) is 12.9. The van der Waals surface area contributed by atoms with Crippen molar-refractivity contribution in [3.63, 3.8) is 0 Å². The summed E-state index contributed by atoms with van der Waals surface area (Å²) in [5.74, 6) is -0.554. The molecular formula is C57H94N6O4. The normalized spacial score (nSPS) is 12.1. The van der Waals surface area contributed by atoms with Gasteiger partial charge < -0.3 is 25.8 Å². The maximum Gasteiger partial charge on any atom is 0.328 e. The minimum absolute atomic E-state index is 0.0417. The SMILES string of the molecule is CCCCCCCCCCCCCCCCCCOC(=O)[C@H](Cc1ccccc1)Nc1nc(N)nc(N[C@@H](Cc2ccccc2)C(=O)OCCCCCCCCCCCCCCCCCC)n1. The fourth-order valence-electron chi connectivity index (χ4n) is 8.77. The Balaban J connectivity index is 1.41. The highest BCUT2D eigenvalue weighted by molar-refractivity contribution is 5.80. The summed E-state index contributed by atoms with van der Waals surface area (Å²) in [6.45, 7) is 5.27. The molecule has 10 nitrogen and oxygen atoms in total. The highest BCUT2D eigenvalue weighted by Crippen LogP contribution is 2.18. The maximum absolute atomic E-state index is 13.6. The fraction of sp³-hybridized carbons (Fsp3) is 0.702. The molecule has 0 unspecified atom stereocenters. The van der Waals surface area contributed by atoms with E-state index in [0.717, 1.165) is 49.7 Å². The average Bonchev–Trinajstić information content (AvgIpc) is 3.33. The van der Waals surface area contributed by atoms with Crippen LogP contribution in [0.5, 0.6) is 0 Å². The number of unbranched alkanes of at least 4 members (excludes halogenated alkanes) is 30. The Kier molecular flexibility index (Phi) is 33.9. The van der Waals surface area contributed by atoms with Gasteiger partial charge in [0.15, 0.2) is 0 Å². The lowest BCUT2D eigenvalue weighted by Gasteiger charge is -2.20. The standard InChI is InChI=1S/C57H94N6O4/c1-3-5-7-9-11-13-15-17-19-21-23-25-27-29-31-39-45-66-53(64)51(47-49-41-35-33-36-42-49)59-56-61-55(58)62-57(63-56)60-52(48-50-43-37-34-38-44-50)54(65)67-46-40-32-30-28-26-24-22-20-18-16-14-12-10-8-6-4-2/h33-38,41-44,51-52H,3-32,39-40,45-48H2,1-2H3,(H4,58,59,60,61,62,63)/t51-,52-/m0/s1. The van der Waals surface area contributed by atoms with Crippen molar-refractivity contribution >= 4 is 29.8 Å². The number of nitrogen functional groups attached to an aromatic ring is 1. The van der Waals surface area contributed by atoms with Crippen molar-refractivity contribution in [2.45, 2.75) is 244 Å². The van der Waals surface area contributed by atoms with Gasteiger partial charge in [0, 0.05) is 12.8 Å². The van der Waals surface area contributed by atoms with Crippen LogP contribution in [-0.4, -0.2) is 52.2 Å². The van der Waals surface area contributed by atoms with Gasteiger partial charge in [-0.15, -0.1) is 0 Å². The summed E-state index contributed by atoms with van der Waals surface area (Å²) >= 11 is 0. The highest BCUT2D eigenvalue weighted by Gasteiger charge is 2.25. The number of benzene rings is 2. The van der Waals surface area contributed by atoms with Gasteiger partial charge in [-0.05, 0) is 24.0 Å². The first-order valence-electron chi connectivity index (χ1n) is 27.4. The van der Waals surface area contributed by atoms with Gasteiger partial charge in [0.25, 0.3) is 0 Å². The first-order chi connectivity index (χ1) is 33.0.